The van der Waals surface area contributed by atoms with Gasteiger partial charge in [0.1, 0.15) is 28.6 Å². The van der Waals surface area contributed by atoms with Crippen molar-refractivity contribution >= 4 is 18.0 Å². The molecule has 1 aromatic carbocycles. The van der Waals surface area contributed by atoms with Crippen LogP contribution in [0.2, 0.25) is 0 Å². The van der Waals surface area contributed by atoms with E-state index in [0.717, 1.165) is 24.0 Å². The minimum atomic E-state index is -1.59. The zero-order valence-electron chi connectivity index (χ0n) is 28.2. The molecule has 2 aliphatic heterocycles. The van der Waals surface area contributed by atoms with Crippen LogP contribution in [-0.2, 0) is 31.9 Å². The molecule has 246 valence electrons. The number of fused-ring (bicyclic) bond motifs is 1. The van der Waals surface area contributed by atoms with Crippen LogP contribution in [-0.4, -0.2) is 45.1 Å². The Hall–Kier alpha value is -3.91. The van der Waals surface area contributed by atoms with Gasteiger partial charge in [-0.3, -0.25) is 14.4 Å². The molecule has 6 rings (SSSR count). The number of ether oxygens (including phenoxy) is 3. The van der Waals surface area contributed by atoms with Gasteiger partial charge in [0.15, 0.2) is 22.8 Å². The first kappa shape index (κ1) is 33.5. The summed E-state index contributed by atoms with van der Waals surface area (Å²) in [6.45, 7) is 15.7. The van der Waals surface area contributed by atoms with Gasteiger partial charge in [0, 0.05) is 35.0 Å². The number of benzene rings is 1. The van der Waals surface area contributed by atoms with Gasteiger partial charge in [-0.2, -0.15) is 0 Å². The second-order valence-electron chi connectivity index (χ2n) is 14.2. The highest BCUT2D eigenvalue weighted by molar-refractivity contribution is 6.18. The van der Waals surface area contributed by atoms with E-state index in [2.05, 4.69) is 19.9 Å². The molecule has 2 fully saturated rings. The molecule has 3 aliphatic carbocycles. The van der Waals surface area contributed by atoms with Crippen LogP contribution >= 0.6 is 0 Å². The fourth-order valence-corrected chi connectivity index (χ4v) is 7.83. The zero-order chi connectivity index (χ0) is 33.8. The molecule has 8 nitrogen and oxygen atoms in total. The normalized spacial score (nSPS) is 27.3. The lowest BCUT2D eigenvalue weighted by atomic mass is 9.51. The summed E-state index contributed by atoms with van der Waals surface area (Å²) in [7, 11) is 0. The first-order chi connectivity index (χ1) is 21.6. The van der Waals surface area contributed by atoms with E-state index in [0.29, 0.717) is 29.8 Å². The van der Waals surface area contributed by atoms with Gasteiger partial charge >= 0.3 is 0 Å². The predicted molar refractivity (Wildman–Crippen MR) is 175 cm³/mol. The summed E-state index contributed by atoms with van der Waals surface area (Å²) >= 11 is 0. The topological polar surface area (TPSA) is 119 Å². The van der Waals surface area contributed by atoms with Gasteiger partial charge in [-0.1, -0.05) is 41.0 Å². The Bertz CT molecular complexity index is 1640. The second-order valence-corrected chi connectivity index (χ2v) is 14.2. The van der Waals surface area contributed by atoms with Crippen molar-refractivity contribution in [2.24, 2.45) is 11.8 Å². The Morgan fingerprint density at radius 3 is 2.28 bits per heavy atom. The molecule has 0 aromatic heterocycles. The second kappa shape index (κ2) is 12.0. The summed E-state index contributed by atoms with van der Waals surface area (Å²) < 4.78 is 18.7. The summed E-state index contributed by atoms with van der Waals surface area (Å²) in [5.41, 5.74) is 0.344. The van der Waals surface area contributed by atoms with Crippen LogP contribution in [0.3, 0.4) is 0 Å². The van der Waals surface area contributed by atoms with Crippen molar-refractivity contribution in [1.29, 1.82) is 0 Å². The van der Waals surface area contributed by atoms with E-state index in [1.807, 2.05) is 46.8 Å². The quantitative estimate of drug-likeness (QED) is 0.148. The zero-order valence-corrected chi connectivity index (χ0v) is 28.2. The monoisotopic (exact) mass is 630 g/mol. The molecule has 46 heavy (non-hydrogen) atoms. The van der Waals surface area contributed by atoms with E-state index in [4.69, 9.17) is 14.2 Å². The van der Waals surface area contributed by atoms with Gasteiger partial charge < -0.3 is 24.4 Å². The number of carbonyl (C=O) groups excluding carboxylic acids is 3. The molecule has 2 N–H and O–H groups in total. The third-order valence-electron chi connectivity index (χ3n) is 10.1. The summed E-state index contributed by atoms with van der Waals surface area (Å²) in [6.07, 6.45) is 12.0. The molecule has 1 spiro atoms. The Balaban J connectivity index is 1.70. The molecule has 2 heterocycles. The number of hydrogen-bond donors (Lipinski definition) is 2. The molecule has 4 bridgehead atoms. The maximum atomic E-state index is 14.7. The van der Waals surface area contributed by atoms with E-state index in [1.165, 1.54) is 5.57 Å². The van der Waals surface area contributed by atoms with Gasteiger partial charge in [0.2, 0.25) is 0 Å². The van der Waals surface area contributed by atoms with Crippen LogP contribution < -0.4 is 4.74 Å². The molecular weight excluding hydrogens is 584 g/mol. The average molecular weight is 631 g/mol. The minimum Gasteiger partial charge on any atom is -0.507 e. The fraction of sp³-hybridized carbons (Fsp3) is 0.500. The Morgan fingerprint density at radius 1 is 0.957 bits per heavy atom. The van der Waals surface area contributed by atoms with Crippen molar-refractivity contribution in [3.05, 3.63) is 75.1 Å². The minimum absolute atomic E-state index is 0.000733. The molecule has 0 radical (unpaired) electrons. The van der Waals surface area contributed by atoms with E-state index in [1.54, 1.807) is 19.1 Å². The summed E-state index contributed by atoms with van der Waals surface area (Å²) in [6, 6.07) is 0. The smallest absolute Gasteiger partial charge is 0.298 e. The number of allylic oxidation sites excluding steroid dienone is 8. The summed E-state index contributed by atoms with van der Waals surface area (Å²) in [5.74, 6) is -1.66. The molecule has 1 aromatic rings. The van der Waals surface area contributed by atoms with E-state index < -0.39 is 28.5 Å². The van der Waals surface area contributed by atoms with Crippen molar-refractivity contribution in [2.75, 3.05) is 0 Å². The Kier molecular flexibility index (Phi) is 8.75. The van der Waals surface area contributed by atoms with Gasteiger partial charge in [0.25, 0.3) is 6.47 Å². The van der Waals surface area contributed by atoms with Gasteiger partial charge in [-0.15, -0.1) is 0 Å². The maximum Gasteiger partial charge on any atom is 0.298 e. The molecule has 8 heteroatoms. The number of hydrogen-bond acceptors (Lipinski definition) is 8. The number of rotatable bonds is 11. The number of carbonyl (C=O) groups is 3. The van der Waals surface area contributed by atoms with Crippen molar-refractivity contribution in [2.45, 2.75) is 111 Å². The highest BCUT2D eigenvalue weighted by Gasteiger charge is 2.81. The lowest BCUT2D eigenvalue weighted by molar-refractivity contribution is -0.171. The molecule has 5 aliphatic rings. The number of phenolic OH excluding ortho intramolecular Hbond substituents is 2. The molecule has 2 unspecified atom stereocenters. The third kappa shape index (κ3) is 5.15. The van der Waals surface area contributed by atoms with Crippen molar-refractivity contribution in [1.82, 2.24) is 0 Å². The van der Waals surface area contributed by atoms with Gasteiger partial charge in [0.05, 0.1) is 5.60 Å². The first-order valence-corrected chi connectivity index (χ1v) is 16.1. The van der Waals surface area contributed by atoms with Crippen molar-refractivity contribution in [3.63, 3.8) is 0 Å². The highest BCUT2D eigenvalue weighted by Crippen LogP contribution is 2.68. The van der Waals surface area contributed by atoms with Gasteiger partial charge in [-0.05, 0) is 93.6 Å². The lowest BCUT2D eigenvalue weighted by Gasteiger charge is -2.56. The number of ketones is 2. The predicted octanol–water partition coefficient (Wildman–Crippen LogP) is 7.32. The van der Waals surface area contributed by atoms with Crippen LogP contribution in [0.1, 0.15) is 103 Å². The van der Waals surface area contributed by atoms with E-state index in [9.17, 15) is 24.6 Å². The number of aromatic hydroxyl groups is 2. The average Bonchev–Trinajstić information content (AvgIpc) is 3.12. The van der Waals surface area contributed by atoms with Gasteiger partial charge in [-0.25, -0.2) is 0 Å². The SMILES string of the molecule is CC(C)=CCCC(C)=CCc1c(O)c(CC=C(C)C)c2c(c1O)C(=O)C1=C[C@@H]3CC4C(C)(C)OC(CC=C(C)OC=O)(C3=O)[C@@]14O2. The van der Waals surface area contributed by atoms with Crippen molar-refractivity contribution in [3.8, 4) is 17.2 Å². The molecule has 4 atom stereocenters. The van der Waals surface area contributed by atoms with Crippen LogP contribution in [0.4, 0.5) is 0 Å². The fourth-order valence-electron chi connectivity index (χ4n) is 7.83. The Labute approximate surface area is 271 Å². The largest absolute Gasteiger partial charge is 0.507 e. The van der Waals surface area contributed by atoms with Crippen LogP contribution in [0.25, 0.3) is 0 Å². The van der Waals surface area contributed by atoms with Crippen LogP contribution in [0.15, 0.2) is 58.4 Å². The third-order valence-corrected chi connectivity index (χ3v) is 10.1. The molecule has 1 saturated carbocycles. The summed E-state index contributed by atoms with van der Waals surface area (Å²) in [5, 5.41) is 23.5. The molecule has 1 saturated heterocycles. The van der Waals surface area contributed by atoms with Crippen LogP contribution in [0, 0.1) is 11.8 Å². The lowest BCUT2D eigenvalue weighted by Crippen LogP contribution is -2.72. The number of phenols is 2. The molecular formula is C38H46O8. The van der Waals surface area contributed by atoms with E-state index in [-0.39, 0.29) is 59.3 Å². The maximum absolute atomic E-state index is 14.7. The highest BCUT2D eigenvalue weighted by atomic mass is 16.6. The van der Waals surface area contributed by atoms with Crippen molar-refractivity contribution < 1.29 is 38.8 Å². The standard InChI is InChI=1S/C38H46O8/c1-21(2)10-9-11-23(5)13-15-26-31(40)27(14-12-22(3)4)34-30(32(26)41)33(42)28-18-25-19-29-36(7,8)46-37(35(25)43,38(28,29)45-34)17-16-24(6)44-20-39/h10,12-13,16,18,20,25,29,40-41H,9,11,14-15,17,19H2,1-8H3/t25-,29?,37?,38-/m1/s1. The number of Topliss-reactive ketones (excluding diaryl/α,β-unsaturated/α-hetero) is 2. The molecule has 0 amide bonds. The van der Waals surface area contributed by atoms with Crippen LogP contribution in [0.5, 0.6) is 17.2 Å². The van der Waals surface area contributed by atoms with E-state index >= 15 is 0 Å². The Morgan fingerprint density at radius 2 is 1.63 bits per heavy atom. The summed E-state index contributed by atoms with van der Waals surface area (Å²) in [4.78, 5) is 39.9. The first-order valence-electron chi connectivity index (χ1n) is 16.1.